The van der Waals surface area contributed by atoms with E-state index in [-0.39, 0.29) is 15.5 Å². The van der Waals surface area contributed by atoms with Crippen LogP contribution >= 0.6 is 23.2 Å². The predicted molar refractivity (Wildman–Crippen MR) is 130 cm³/mol. The molecule has 10 heteroatoms. The molecule has 0 saturated heterocycles. The molecule has 0 aliphatic heterocycles. The lowest BCUT2D eigenvalue weighted by Gasteiger charge is -2.24. The average molecular weight is 525 g/mol. The Hall–Kier alpha value is -2.65. The van der Waals surface area contributed by atoms with E-state index < -0.39 is 40.9 Å². The molecule has 1 N–H and O–H groups in total. The van der Waals surface area contributed by atoms with Crippen molar-refractivity contribution in [1.82, 2.24) is 9.62 Å². The molecule has 0 spiro atoms. The number of hydrogen-bond donors (Lipinski definition) is 1. The molecule has 3 rings (SSSR count). The molecule has 0 fully saturated rings. The van der Waals surface area contributed by atoms with Crippen LogP contribution in [0.15, 0.2) is 71.6 Å². The van der Waals surface area contributed by atoms with Gasteiger partial charge in [-0.1, -0.05) is 41.4 Å². The lowest BCUT2D eigenvalue weighted by Crippen LogP contribution is -2.41. The zero-order chi connectivity index (χ0) is 24.9. The maximum atomic E-state index is 14.5. The summed E-state index contributed by atoms with van der Waals surface area (Å²) in [5.41, 5.74) is 0.774. The van der Waals surface area contributed by atoms with Gasteiger partial charge in [-0.3, -0.25) is 4.79 Å². The molecular formula is C24H23Cl2FN2O4S. The quantitative estimate of drug-likeness (QED) is 0.416. The molecule has 1 amide bonds. The summed E-state index contributed by atoms with van der Waals surface area (Å²) in [5, 5.41) is 3.19. The maximum absolute atomic E-state index is 14.5. The molecule has 3 aromatic rings. The van der Waals surface area contributed by atoms with Gasteiger partial charge in [-0.25, -0.2) is 12.8 Å². The Morgan fingerprint density at radius 2 is 1.71 bits per heavy atom. The first-order valence-corrected chi connectivity index (χ1v) is 12.4. The van der Waals surface area contributed by atoms with Crippen LogP contribution in [-0.4, -0.2) is 32.3 Å². The van der Waals surface area contributed by atoms with E-state index in [4.69, 9.17) is 27.9 Å². The van der Waals surface area contributed by atoms with Crippen molar-refractivity contribution in [3.8, 4) is 5.75 Å². The van der Waals surface area contributed by atoms with Crippen molar-refractivity contribution >= 4 is 39.1 Å². The Kier molecular flexibility index (Phi) is 8.54. The number of nitrogens with zero attached hydrogens (tertiary/aromatic N) is 1. The van der Waals surface area contributed by atoms with Crippen LogP contribution < -0.4 is 10.1 Å². The largest absolute Gasteiger partial charge is 0.497 e. The van der Waals surface area contributed by atoms with Crippen LogP contribution in [0.3, 0.4) is 0 Å². The number of hydrogen-bond acceptors (Lipinski definition) is 4. The van der Waals surface area contributed by atoms with Crippen molar-refractivity contribution in [2.24, 2.45) is 0 Å². The van der Waals surface area contributed by atoms with Gasteiger partial charge in [0, 0.05) is 22.2 Å². The molecular weight excluding hydrogens is 502 g/mol. The number of carbonyl (C=O) groups is 1. The van der Waals surface area contributed by atoms with Gasteiger partial charge in [0.2, 0.25) is 15.9 Å². The minimum Gasteiger partial charge on any atom is -0.497 e. The van der Waals surface area contributed by atoms with Gasteiger partial charge in [-0.2, -0.15) is 4.31 Å². The minimum absolute atomic E-state index is 0.0299. The molecule has 0 aliphatic carbocycles. The van der Waals surface area contributed by atoms with Crippen molar-refractivity contribution in [1.29, 1.82) is 0 Å². The number of carbonyl (C=O) groups excluding carboxylic acids is 1. The zero-order valence-corrected chi connectivity index (χ0v) is 20.8. The van der Waals surface area contributed by atoms with Gasteiger partial charge in [0.25, 0.3) is 0 Å². The first kappa shape index (κ1) is 26.0. The molecule has 3 aromatic carbocycles. The van der Waals surface area contributed by atoms with Crippen molar-refractivity contribution in [3.63, 3.8) is 0 Å². The van der Waals surface area contributed by atoms with Crippen molar-refractivity contribution in [2.75, 3.05) is 13.7 Å². The highest BCUT2D eigenvalue weighted by molar-refractivity contribution is 7.89. The van der Waals surface area contributed by atoms with Crippen LogP contribution in [-0.2, 0) is 21.4 Å². The molecule has 0 aliphatic rings. The van der Waals surface area contributed by atoms with Gasteiger partial charge >= 0.3 is 0 Å². The van der Waals surface area contributed by atoms with Gasteiger partial charge in [0.15, 0.2) is 0 Å². The zero-order valence-electron chi connectivity index (χ0n) is 18.5. The number of benzene rings is 3. The molecule has 0 saturated carbocycles. The van der Waals surface area contributed by atoms with Gasteiger partial charge in [0.1, 0.15) is 11.6 Å². The van der Waals surface area contributed by atoms with Crippen LogP contribution in [0.1, 0.15) is 24.1 Å². The topological polar surface area (TPSA) is 75.7 Å². The van der Waals surface area contributed by atoms with Gasteiger partial charge in [-0.15, -0.1) is 0 Å². The second-order valence-corrected chi connectivity index (χ2v) is 10.3. The summed E-state index contributed by atoms with van der Waals surface area (Å²) in [6.45, 7) is 0.794. The standard InChI is InChI=1S/C24H23Cl2FN2O4S/c1-16(17-6-10-19(33-2)11-7-17)28-24(30)15-29(14-21-22(26)4-3-5-23(21)27)34(31,32)20-12-8-18(25)9-13-20/h3-13,16H,14-15H2,1-2H3,(H,28,30). The normalized spacial score (nSPS) is 12.4. The smallest absolute Gasteiger partial charge is 0.243 e. The highest BCUT2D eigenvalue weighted by atomic mass is 35.5. The molecule has 34 heavy (non-hydrogen) atoms. The second kappa shape index (κ2) is 11.2. The Bertz CT molecular complexity index is 1230. The summed E-state index contributed by atoms with van der Waals surface area (Å²) in [4.78, 5) is 12.8. The Morgan fingerprint density at radius 3 is 2.29 bits per heavy atom. The minimum atomic E-state index is -4.18. The predicted octanol–water partition coefficient (Wildman–Crippen LogP) is 5.21. The van der Waals surface area contributed by atoms with Gasteiger partial charge in [0.05, 0.1) is 24.6 Å². The summed E-state index contributed by atoms with van der Waals surface area (Å²) >= 11 is 12.0. The monoisotopic (exact) mass is 524 g/mol. The van der Waals surface area contributed by atoms with Crippen molar-refractivity contribution in [3.05, 3.63) is 93.7 Å². The molecule has 0 aromatic heterocycles. The lowest BCUT2D eigenvalue weighted by atomic mass is 10.1. The Labute approximate surface area is 208 Å². The van der Waals surface area contributed by atoms with E-state index in [0.717, 1.165) is 9.87 Å². The summed E-state index contributed by atoms with van der Waals surface area (Å²) in [6.07, 6.45) is 0. The van der Waals surface area contributed by atoms with Crippen LogP contribution in [0.4, 0.5) is 4.39 Å². The first-order valence-electron chi connectivity index (χ1n) is 10.2. The van der Waals surface area contributed by atoms with E-state index >= 15 is 0 Å². The highest BCUT2D eigenvalue weighted by Gasteiger charge is 2.29. The maximum Gasteiger partial charge on any atom is 0.243 e. The lowest BCUT2D eigenvalue weighted by molar-refractivity contribution is -0.122. The highest BCUT2D eigenvalue weighted by Crippen LogP contribution is 2.25. The molecule has 180 valence electrons. The van der Waals surface area contributed by atoms with Crippen LogP contribution in [0.2, 0.25) is 10.0 Å². The summed E-state index contributed by atoms with van der Waals surface area (Å²) < 4.78 is 47.2. The van der Waals surface area contributed by atoms with Crippen molar-refractivity contribution in [2.45, 2.75) is 24.4 Å². The fourth-order valence-electron chi connectivity index (χ4n) is 3.26. The van der Waals surface area contributed by atoms with E-state index in [1.165, 1.54) is 42.5 Å². The number of rotatable bonds is 9. The Balaban J connectivity index is 1.86. The number of nitrogens with one attached hydrogen (secondary N) is 1. The number of amides is 1. The van der Waals surface area contributed by atoms with E-state index in [9.17, 15) is 17.6 Å². The van der Waals surface area contributed by atoms with Crippen LogP contribution in [0.25, 0.3) is 0 Å². The van der Waals surface area contributed by atoms with Crippen LogP contribution in [0.5, 0.6) is 5.75 Å². The number of sulfonamides is 1. The van der Waals surface area contributed by atoms with Gasteiger partial charge in [-0.05, 0) is 61.0 Å². The third-order valence-corrected chi connectivity index (χ3v) is 7.57. The second-order valence-electron chi connectivity index (χ2n) is 7.49. The number of halogens is 3. The van der Waals surface area contributed by atoms with Crippen LogP contribution in [0, 0.1) is 5.82 Å². The molecule has 0 bridgehead atoms. The third kappa shape index (κ3) is 6.27. The summed E-state index contributed by atoms with van der Waals surface area (Å²) in [6, 6.07) is 16.3. The van der Waals surface area contributed by atoms with Gasteiger partial charge < -0.3 is 10.1 Å². The average Bonchev–Trinajstić information content (AvgIpc) is 2.81. The van der Waals surface area contributed by atoms with E-state index in [2.05, 4.69) is 5.32 Å². The first-order chi connectivity index (χ1) is 16.1. The van der Waals surface area contributed by atoms with E-state index in [1.807, 2.05) is 0 Å². The van der Waals surface area contributed by atoms with E-state index in [0.29, 0.717) is 10.8 Å². The van der Waals surface area contributed by atoms with Crippen molar-refractivity contribution < 1.29 is 22.3 Å². The third-order valence-electron chi connectivity index (χ3n) is 5.16. The molecule has 0 heterocycles. The molecule has 0 radical (unpaired) electrons. The SMILES string of the molecule is COc1ccc(C(C)NC(=O)CN(Cc2c(F)cccc2Cl)S(=O)(=O)c2ccc(Cl)cc2)cc1. The summed E-state index contributed by atoms with van der Waals surface area (Å²) in [7, 11) is -2.63. The number of methoxy groups -OCH3 is 1. The summed E-state index contributed by atoms with van der Waals surface area (Å²) in [5.74, 6) is -0.562. The fraction of sp³-hybridized carbons (Fsp3) is 0.208. The molecule has 1 unspecified atom stereocenters. The number of ether oxygens (including phenoxy) is 1. The Morgan fingerprint density at radius 1 is 1.06 bits per heavy atom. The molecule has 1 atom stereocenters. The molecule has 6 nitrogen and oxygen atoms in total. The van der Waals surface area contributed by atoms with E-state index in [1.54, 1.807) is 38.3 Å². The fourth-order valence-corrected chi connectivity index (χ4v) is 4.98.